The van der Waals surface area contributed by atoms with Crippen LogP contribution in [0.25, 0.3) is 10.8 Å². The van der Waals surface area contributed by atoms with E-state index in [2.05, 4.69) is 4.98 Å². The van der Waals surface area contributed by atoms with E-state index in [4.69, 9.17) is 5.73 Å². The molecule has 0 bridgehead atoms. The van der Waals surface area contributed by atoms with Gasteiger partial charge in [-0.3, -0.25) is 9.78 Å². The van der Waals surface area contributed by atoms with Crippen molar-refractivity contribution in [2.24, 2.45) is 5.73 Å². The molecule has 3 rings (SSSR count). The van der Waals surface area contributed by atoms with Gasteiger partial charge >= 0.3 is 0 Å². The van der Waals surface area contributed by atoms with Crippen LogP contribution in [0.3, 0.4) is 0 Å². The lowest BCUT2D eigenvalue weighted by Crippen LogP contribution is -2.41. The molecule has 0 amide bonds. The van der Waals surface area contributed by atoms with Crippen molar-refractivity contribution in [3.8, 4) is 0 Å². The van der Waals surface area contributed by atoms with E-state index in [0.717, 1.165) is 16.3 Å². The molecule has 1 aromatic heterocycles. The molecule has 1 atom stereocenters. The number of carbonyl (C=O) groups excluding carboxylic acids is 1. The quantitative estimate of drug-likeness (QED) is 0.747. The van der Waals surface area contributed by atoms with Crippen molar-refractivity contribution in [1.29, 1.82) is 0 Å². The van der Waals surface area contributed by atoms with Crippen LogP contribution < -0.4 is 5.73 Å². The number of fused-ring (bicyclic) bond motifs is 1. The molecule has 104 valence electrons. The molecule has 2 aromatic carbocycles. The van der Waals surface area contributed by atoms with E-state index in [0.29, 0.717) is 5.56 Å². The first kappa shape index (κ1) is 13.5. The number of nitrogens with two attached hydrogens (primary N) is 1. The molecule has 0 radical (unpaired) electrons. The monoisotopic (exact) mass is 276 g/mol. The highest BCUT2D eigenvalue weighted by molar-refractivity contribution is 6.12. The maximum atomic E-state index is 12.9. The van der Waals surface area contributed by atoms with Crippen molar-refractivity contribution < 1.29 is 4.79 Å². The van der Waals surface area contributed by atoms with E-state index in [1.807, 2.05) is 54.6 Å². The van der Waals surface area contributed by atoms with Crippen molar-refractivity contribution in [1.82, 2.24) is 4.98 Å². The predicted octanol–water partition coefficient (Wildman–Crippen LogP) is 3.29. The molecule has 21 heavy (non-hydrogen) atoms. The van der Waals surface area contributed by atoms with Gasteiger partial charge in [0.2, 0.25) is 0 Å². The van der Waals surface area contributed by atoms with E-state index >= 15 is 0 Å². The van der Waals surface area contributed by atoms with Gasteiger partial charge in [0, 0.05) is 23.3 Å². The molecule has 1 heterocycles. The first-order valence-electron chi connectivity index (χ1n) is 6.82. The Balaban J connectivity index is 2.13. The molecule has 3 aromatic rings. The van der Waals surface area contributed by atoms with Crippen molar-refractivity contribution >= 4 is 16.6 Å². The second-order valence-corrected chi connectivity index (χ2v) is 5.30. The van der Waals surface area contributed by atoms with E-state index in [-0.39, 0.29) is 5.78 Å². The molecule has 3 heteroatoms. The Morgan fingerprint density at radius 3 is 2.57 bits per heavy atom. The van der Waals surface area contributed by atoms with Crippen LogP contribution >= 0.6 is 0 Å². The summed E-state index contributed by atoms with van der Waals surface area (Å²) >= 11 is 0. The Morgan fingerprint density at radius 2 is 1.81 bits per heavy atom. The lowest BCUT2D eigenvalue weighted by Gasteiger charge is -2.24. The third kappa shape index (κ3) is 2.32. The van der Waals surface area contributed by atoms with Crippen molar-refractivity contribution in [2.75, 3.05) is 0 Å². The van der Waals surface area contributed by atoms with Crippen LogP contribution in [0.5, 0.6) is 0 Å². The first-order chi connectivity index (χ1) is 10.1. The molecule has 2 N–H and O–H groups in total. The number of hydrogen-bond donors (Lipinski definition) is 1. The number of rotatable bonds is 3. The fraction of sp³-hybridized carbons (Fsp3) is 0.111. The zero-order chi connectivity index (χ0) is 14.9. The van der Waals surface area contributed by atoms with E-state index in [1.165, 1.54) is 0 Å². The molecular formula is C18H16N2O. The van der Waals surface area contributed by atoms with Gasteiger partial charge in [-0.15, -0.1) is 0 Å². The third-order valence-corrected chi connectivity index (χ3v) is 3.77. The van der Waals surface area contributed by atoms with Gasteiger partial charge in [-0.2, -0.15) is 0 Å². The van der Waals surface area contributed by atoms with Crippen LogP contribution in [0.4, 0.5) is 0 Å². The molecule has 0 fully saturated rings. The first-order valence-corrected chi connectivity index (χ1v) is 6.82. The minimum atomic E-state index is -1.06. The number of pyridine rings is 1. The molecule has 1 unspecified atom stereocenters. The molecule has 0 saturated heterocycles. The molecule has 0 saturated carbocycles. The minimum Gasteiger partial charge on any atom is -0.315 e. The maximum Gasteiger partial charge on any atom is 0.187 e. The van der Waals surface area contributed by atoms with Gasteiger partial charge < -0.3 is 5.73 Å². The summed E-state index contributed by atoms with van der Waals surface area (Å²) in [5, 5.41) is 1.82. The number of ketones is 1. The van der Waals surface area contributed by atoms with Crippen molar-refractivity contribution in [3.05, 3.63) is 78.1 Å². The van der Waals surface area contributed by atoms with Crippen LogP contribution in [-0.2, 0) is 5.54 Å². The van der Waals surface area contributed by atoms with Crippen LogP contribution in [0.1, 0.15) is 22.8 Å². The number of hydrogen-bond acceptors (Lipinski definition) is 3. The van der Waals surface area contributed by atoms with Gasteiger partial charge in [0.25, 0.3) is 0 Å². The van der Waals surface area contributed by atoms with Crippen LogP contribution in [0.15, 0.2) is 67.0 Å². The highest BCUT2D eigenvalue weighted by Crippen LogP contribution is 2.26. The Labute approximate surface area is 123 Å². The average Bonchev–Trinajstić information content (AvgIpc) is 2.54. The van der Waals surface area contributed by atoms with Gasteiger partial charge in [0.1, 0.15) is 5.54 Å². The van der Waals surface area contributed by atoms with Gasteiger partial charge in [-0.1, -0.05) is 48.5 Å². The molecule has 0 spiro atoms. The summed E-state index contributed by atoms with van der Waals surface area (Å²) in [6, 6.07) is 16.9. The normalized spacial score (nSPS) is 13.8. The highest BCUT2D eigenvalue weighted by Gasteiger charge is 2.32. The van der Waals surface area contributed by atoms with Gasteiger partial charge in [-0.25, -0.2) is 0 Å². The number of carbonyl (C=O) groups is 1. The van der Waals surface area contributed by atoms with E-state index in [9.17, 15) is 4.79 Å². The number of Topliss-reactive ketones (excluding diaryl/α,β-unsaturated/α-hetero) is 1. The zero-order valence-corrected chi connectivity index (χ0v) is 11.8. The van der Waals surface area contributed by atoms with Crippen LogP contribution in [0.2, 0.25) is 0 Å². The predicted molar refractivity (Wildman–Crippen MR) is 84.1 cm³/mol. The molecular weight excluding hydrogens is 260 g/mol. The summed E-state index contributed by atoms with van der Waals surface area (Å²) in [5.41, 5.74) is 6.72. The standard InChI is InChI=1S/C18H16N2O/c1-18(19,14-7-3-2-4-8-14)17(21)16-9-5-6-13-12-20-11-10-15(13)16/h2-12H,19H2,1H3. The fourth-order valence-electron chi connectivity index (χ4n) is 2.52. The molecule has 0 aliphatic heterocycles. The van der Waals surface area contributed by atoms with Crippen LogP contribution in [0, 0.1) is 0 Å². The minimum absolute atomic E-state index is 0.0921. The molecule has 3 nitrogen and oxygen atoms in total. The lowest BCUT2D eigenvalue weighted by molar-refractivity contribution is 0.0901. The Kier molecular flexibility index (Phi) is 3.28. The summed E-state index contributed by atoms with van der Waals surface area (Å²) in [4.78, 5) is 17.0. The number of aromatic nitrogens is 1. The third-order valence-electron chi connectivity index (χ3n) is 3.77. The zero-order valence-electron chi connectivity index (χ0n) is 11.8. The summed E-state index contributed by atoms with van der Waals surface area (Å²) in [6.45, 7) is 1.75. The molecule has 0 aliphatic carbocycles. The molecule has 0 aliphatic rings. The summed E-state index contributed by atoms with van der Waals surface area (Å²) in [7, 11) is 0. The van der Waals surface area contributed by atoms with E-state index < -0.39 is 5.54 Å². The smallest absolute Gasteiger partial charge is 0.187 e. The second-order valence-electron chi connectivity index (χ2n) is 5.30. The average molecular weight is 276 g/mol. The lowest BCUT2D eigenvalue weighted by atomic mass is 9.84. The Morgan fingerprint density at radius 1 is 1.05 bits per heavy atom. The summed E-state index contributed by atoms with van der Waals surface area (Å²) in [5.74, 6) is -0.0921. The SMILES string of the molecule is CC(N)(C(=O)c1cccc2cnccc12)c1ccccc1. The van der Waals surface area contributed by atoms with Gasteiger partial charge in [-0.05, 0) is 23.9 Å². The van der Waals surface area contributed by atoms with Crippen LogP contribution in [-0.4, -0.2) is 10.8 Å². The van der Waals surface area contributed by atoms with Crippen molar-refractivity contribution in [2.45, 2.75) is 12.5 Å². The van der Waals surface area contributed by atoms with Gasteiger partial charge in [0.15, 0.2) is 5.78 Å². The number of nitrogens with zero attached hydrogens (tertiary/aromatic N) is 1. The summed E-state index contributed by atoms with van der Waals surface area (Å²) < 4.78 is 0. The fourth-order valence-corrected chi connectivity index (χ4v) is 2.52. The van der Waals surface area contributed by atoms with E-state index in [1.54, 1.807) is 19.3 Å². The topological polar surface area (TPSA) is 56.0 Å². The number of benzene rings is 2. The summed E-state index contributed by atoms with van der Waals surface area (Å²) in [6.07, 6.45) is 3.44. The van der Waals surface area contributed by atoms with Crippen molar-refractivity contribution in [3.63, 3.8) is 0 Å². The highest BCUT2D eigenvalue weighted by atomic mass is 16.1. The Bertz CT molecular complexity index is 789. The maximum absolute atomic E-state index is 12.9. The van der Waals surface area contributed by atoms with Gasteiger partial charge in [0.05, 0.1) is 0 Å². The Hall–Kier alpha value is -2.52. The second kappa shape index (κ2) is 5.11. The largest absolute Gasteiger partial charge is 0.315 e.